The summed E-state index contributed by atoms with van der Waals surface area (Å²) in [7, 11) is 0. The molecule has 2 rings (SSSR count). The third-order valence-corrected chi connectivity index (χ3v) is 4.51. The van der Waals surface area contributed by atoms with Crippen molar-refractivity contribution in [3.05, 3.63) is 33.2 Å². The normalized spacial score (nSPS) is 20.7. The van der Waals surface area contributed by atoms with Gasteiger partial charge in [-0.05, 0) is 18.8 Å². The van der Waals surface area contributed by atoms with E-state index in [1.54, 1.807) is 0 Å². The van der Waals surface area contributed by atoms with E-state index in [2.05, 4.69) is 6.92 Å². The number of carboxylic acid groups (broad SMARTS) is 1. The third kappa shape index (κ3) is 3.39. The van der Waals surface area contributed by atoms with Gasteiger partial charge in [-0.2, -0.15) is 0 Å². The summed E-state index contributed by atoms with van der Waals surface area (Å²) in [6, 6.07) is 0. The highest BCUT2D eigenvalue weighted by Gasteiger charge is 2.30. The Kier molecular flexibility index (Phi) is 5.37. The van der Waals surface area contributed by atoms with E-state index in [4.69, 9.17) is 0 Å². The van der Waals surface area contributed by atoms with Gasteiger partial charge in [-0.1, -0.05) is 33.1 Å². The van der Waals surface area contributed by atoms with Crippen molar-refractivity contribution in [2.24, 2.45) is 5.92 Å². The van der Waals surface area contributed by atoms with Crippen LogP contribution in [0.3, 0.4) is 0 Å². The summed E-state index contributed by atoms with van der Waals surface area (Å²) in [5, 5.41) is 9.21. The molecule has 1 N–H and O–H groups in total. The largest absolute Gasteiger partial charge is 0.477 e. The van der Waals surface area contributed by atoms with E-state index in [0.717, 1.165) is 31.4 Å². The number of fused-ring (bicyclic) bond motifs is 1. The average Bonchev–Trinajstić information content (AvgIpc) is 2.47. The quantitative estimate of drug-likeness (QED) is 0.821. The molecule has 1 aromatic heterocycles. The molecular formula is C17H24FNO3. The number of aromatic nitrogens is 1. The molecule has 1 aliphatic rings. The Balaban J connectivity index is 2.39. The molecule has 0 amide bonds. The Labute approximate surface area is 130 Å². The topological polar surface area (TPSA) is 59.3 Å². The predicted molar refractivity (Wildman–Crippen MR) is 83.3 cm³/mol. The number of hydrogen-bond acceptors (Lipinski definition) is 2. The van der Waals surface area contributed by atoms with Crippen LogP contribution in [-0.4, -0.2) is 21.8 Å². The molecule has 2 unspecified atom stereocenters. The standard InChI is InChI=1S/C17H24FNO3/c1-3-4-5-6-7-19-10-13(17(21)22)16(20)12-9-14(18)11(2)8-15(12)19/h10-11,14H,3-9H2,1-2H3,(H,21,22). The Morgan fingerprint density at radius 2 is 2.09 bits per heavy atom. The Bertz CT molecular complexity index is 609. The van der Waals surface area contributed by atoms with E-state index in [1.807, 2.05) is 11.5 Å². The lowest BCUT2D eigenvalue weighted by molar-refractivity contribution is 0.0693. The van der Waals surface area contributed by atoms with Crippen LogP contribution < -0.4 is 5.43 Å². The summed E-state index contributed by atoms with van der Waals surface area (Å²) in [5.74, 6) is -1.37. The maximum absolute atomic E-state index is 14.0. The molecule has 0 spiro atoms. The van der Waals surface area contributed by atoms with Gasteiger partial charge in [0.05, 0.1) is 0 Å². The van der Waals surface area contributed by atoms with Gasteiger partial charge >= 0.3 is 5.97 Å². The summed E-state index contributed by atoms with van der Waals surface area (Å²) in [6.07, 6.45) is 5.18. The zero-order chi connectivity index (χ0) is 16.3. The van der Waals surface area contributed by atoms with Crippen molar-refractivity contribution in [2.45, 2.75) is 65.1 Å². The van der Waals surface area contributed by atoms with Crippen LogP contribution in [0.25, 0.3) is 0 Å². The molecular weight excluding hydrogens is 285 g/mol. The molecule has 2 atom stereocenters. The third-order valence-electron chi connectivity index (χ3n) is 4.51. The van der Waals surface area contributed by atoms with Gasteiger partial charge < -0.3 is 9.67 Å². The number of alkyl halides is 1. The van der Waals surface area contributed by atoms with Crippen molar-refractivity contribution in [1.82, 2.24) is 4.57 Å². The second-order valence-electron chi connectivity index (χ2n) is 6.26. The molecule has 1 aromatic rings. The lowest BCUT2D eigenvalue weighted by atomic mass is 9.85. The first kappa shape index (κ1) is 16.7. The van der Waals surface area contributed by atoms with Gasteiger partial charge in [0.15, 0.2) is 5.43 Å². The van der Waals surface area contributed by atoms with E-state index < -0.39 is 17.6 Å². The van der Waals surface area contributed by atoms with Gasteiger partial charge in [-0.15, -0.1) is 0 Å². The molecule has 0 saturated carbocycles. The van der Waals surface area contributed by atoms with Crippen molar-refractivity contribution < 1.29 is 14.3 Å². The zero-order valence-corrected chi connectivity index (χ0v) is 13.3. The highest BCUT2D eigenvalue weighted by molar-refractivity contribution is 5.87. The molecule has 122 valence electrons. The van der Waals surface area contributed by atoms with Crippen LogP contribution in [0.1, 0.15) is 61.1 Å². The van der Waals surface area contributed by atoms with Crippen LogP contribution in [0.5, 0.6) is 0 Å². The van der Waals surface area contributed by atoms with Crippen molar-refractivity contribution >= 4 is 5.97 Å². The molecule has 1 aliphatic carbocycles. The first-order chi connectivity index (χ1) is 10.5. The van der Waals surface area contributed by atoms with E-state index in [1.165, 1.54) is 6.20 Å². The molecule has 4 nitrogen and oxygen atoms in total. The predicted octanol–water partition coefficient (Wildman–Crippen LogP) is 3.20. The number of aromatic carboxylic acids is 1. The Morgan fingerprint density at radius 1 is 1.36 bits per heavy atom. The van der Waals surface area contributed by atoms with Crippen LogP contribution in [0.2, 0.25) is 0 Å². The Hall–Kier alpha value is -1.65. The summed E-state index contributed by atoms with van der Waals surface area (Å²) in [5.41, 5.74) is 0.437. The van der Waals surface area contributed by atoms with Crippen LogP contribution in [0.4, 0.5) is 4.39 Å². The molecule has 0 saturated heterocycles. The van der Waals surface area contributed by atoms with E-state index in [9.17, 15) is 19.1 Å². The van der Waals surface area contributed by atoms with Crippen molar-refractivity contribution in [1.29, 1.82) is 0 Å². The fourth-order valence-electron chi connectivity index (χ4n) is 3.10. The highest BCUT2D eigenvalue weighted by Crippen LogP contribution is 2.26. The van der Waals surface area contributed by atoms with Crippen LogP contribution >= 0.6 is 0 Å². The Morgan fingerprint density at radius 3 is 2.73 bits per heavy atom. The number of halogens is 1. The molecule has 0 aliphatic heterocycles. The number of unbranched alkanes of at least 4 members (excludes halogenated alkanes) is 3. The van der Waals surface area contributed by atoms with E-state index in [-0.39, 0.29) is 17.9 Å². The van der Waals surface area contributed by atoms with E-state index >= 15 is 0 Å². The van der Waals surface area contributed by atoms with Crippen molar-refractivity contribution in [3.8, 4) is 0 Å². The van der Waals surface area contributed by atoms with Crippen molar-refractivity contribution in [3.63, 3.8) is 0 Å². The zero-order valence-electron chi connectivity index (χ0n) is 13.3. The number of carboxylic acids is 1. The SMILES string of the molecule is CCCCCCn1cc(C(=O)O)c(=O)c2c1CC(C)C(F)C2. The highest BCUT2D eigenvalue weighted by atomic mass is 19.1. The van der Waals surface area contributed by atoms with Gasteiger partial charge in [0.2, 0.25) is 0 Å². The minimum atomic E-state index is -1.23. The molecule has 0 fully saturated rings. The first-order valence-corrected chi connectivity index (χ1v) is 8.08. The monoisotopic (exact) mass is 309 g/mol. The summed E-state index contributed by atoms with van der Waals surface area (Å²) in [4.78, 5) is 23.5. The van der Waals surface area contributed by atoms with E-state index in [0.29, 0.717) is 18.5 Å². The number of nitrogens with zero attached hydrogens (tertiary/aromatic N) is 1. The first-order valence-electron chi connectivity index (χ1n) is 8.08. The van der Waals surface area contributed by atoms with Crippen LogP contribution in [0, 0.1) is 5.92 Å². The van der Waals surface area contributed by atoms with Crippen molar-refractivity contribution in [2.75, 3.05) is 0 Å². The summed E-state index contributed by atoms with van der Waals surface area (Å²) in [6.45, 7) is 4.66. The smallest absolute Gasteiger partial charge is 0.341 e. The molecule has 0 radical (unpaired) electrons. The van der Waals surface area contributed by atoms with Gasteiger partial charge in [0, 0.05) is 30.4 Å². The average molecular weight is 309 g/mol. The number of aryl methyl sites for hydroxylation is 1. The second-order valence-corrected chi connectivity index (χ2v) is 6.26. The molecule has 0 bridgehead atoms. The van der Waals surface area contributed by atoms with Gasteiger partial charge in [-0.3, -0.25) is 4.79 Å². The van der Waals surface area contributed by atoms with Gasteiger partial charge in [0.1, 0.15) is 11.7 Å². The fraction of sp³-hybridized carbons (Fsp3) is 0.647. The second kappa shape index (κ2) is 7.07. The maximum Gasteiger partial charge on any atom is 0.341 e. The molecule has 22 heavy (non-hydrogen) atoms. The minimum Gasteiger partial charge on any atom is -0.477 e. The van der Waals surface area contributed by atoms with Gasteiger partial charge in [-0.25, -0.2) is 9.18 Å². The van der Waals surface area contributed by atoms with Gasteiger partial charge in [0.25, 0.3) is 0 Å². The number of pyridine rings is 1. The fourth-order valence-corrected chi connectivity index (χ4v) is 3.10. The molecule has 0 aromatic carbocycles. The molecule has 1 heterocycles. The van der Waals surface area contributed by atoms with Crippen LogP contribution in [-0.2, 0) is 19.4 Å². The number of hydrogen-bond donors (Lipinski definition) is 1. The summed E-state index contributed by atoms with van der Waals surface area (Å²) >= 11 is 0. The lowest BCUT2D eigenvalue weighted by Gasteiger charge is -2.28. The maximum atomic E-state index is 14.0. The lowest BCUT2D eigenvalue weighted by Crippen LogP contribution is -2.35. The molecule has 5 heteroatoms. The summed E-state index contributed by atoms with van der Waals surface area (Å²) < 4.78 is 15.8. The number of rotatable bonds is 6. The minimum absolute atomic E-state index is 0.0331. The number of carbonyl (C=O) groups is 1. The van der Waals surface area contributed by atoms with Crippen LogP contribution in [0.15, 0.2) is 11.0 Å².